The Morgan fingerprint density at radius 1 is 1.33 bits per heavy atom. The molecule has 3 nitrogen and oxygen atoms in total. The number of rotatable bonds is 5. The zero-order valence-electron chi connectivity index (χ0n) is 13.5. The number of imidazole rings is 1. The van der Waals surface area contributed by atoms with Crippen molar-refractivity contribution in [2.45, 2.75) is 53.0 Å². The number of nitrogens with zero attached hydrogens (tertiary/aromatic N) is 2. The molecule has 2 aromatic rings. The Kier molecular flexibility index (Phi) is 4.67. The van der Waals surface area contributed by atoms with Gasteiger partial charge >= 0.3 is 0 Å². The lowest BCUT2D eigenvalue weighted by Gasteiger charge is -2.25. The van der Waals surface area contributed by atoms with E-state index in [0.29, 0.717) is 6.54 Å². The number of aryl methyl sites for hydroxylation is 1. The molecule has 1 aromatic carbocycles. The third-order valence-corrected chi connectivity index (χ3v) is 3.70. The Hall–Kier alpha value is -1.42. The van der Waals surface area contributed by atoms with Gasteiger partial charge < -0.3 is 10.3 Å². The van der Waals surface area contributed by atoms with Gasteiger partial charge in [-0.2, -0.15) is 0 Å². The van der Waals surface area contributed by atoms with Crippen LogP contribution in [0.4, 0.5) is 4.39 Å². The van der Waals surface area contributed by atoms with E-state index in [1.54, 1.807) is 0 Å². The van der Waals surface area contributed by atoms with Gasteiger partial charge in [0.25, 0.3) is 0 Å². The normalized spacial score (nSPS) is 13.8. The van der Waals surface area contributed by atoms with Gasteiger partial charge in [0.2, 0.25) is 0 Å². The fraction of sp³-hybridized carbons (Fsp3) is 0.588. The van der Waals surface area contributed by atoms with Gasteiger partial charge in [0.05, 0.1) is 11.0 Å². The summed E-state index contributed by atoms with van der Waals surface area (Å²) in [6.07, 6.45) is 1.99. The summed E-state index contributed by atoms with van der Waals surface area (Å²) in [7, 11) is 0. The van der Waals surface area contributed by atoms with Crippen molar-refractivity contribution in [3.63, 3.8) is 0 Å². The minimum Gasteiger partial charge on any atom is -0.330 e. The summed E-state index contributed by atoms with van der Waals surface area (Å²) >= 11 is 0. The molecule has 0 saturated carbocycles. The molecule has 0 amide bonds. The van der Waals surface area contributed by atoms with Crippen molar-refractivity contribution in [3.05, 3.63) is 29.8 Å². The first-order valence-corrected chi connectivity index (χ1v) is 7.71. The lowest BCUT2D eigenvalue weighted by molar-refractivity contribution is 0.331. The van der Waals surface area contributed by atoms with Crippen molar-refractivity contribution in [1.29, 1.82) is 0 Å². The van der Waals surface area contributed by atoms with Gasteiger partial charge in [-0.05, 0) is 30.4 Å². The van der Waals surface area contributed by atoms with E-state index >= 15 is 0 Å². The molecular weight excluding hydrogens is 265 g/mol. The molecule has 0 fully saturated rings. The SMILES string of the molecule is CCCn1c(C(CN)CC(C)(C)C)nc2cc(F)ccc21. The summed E-state index contributed by atoms with van der Waals surface area (Å²) < 4.78 is 15.6. The van der Waals surface area contributed by atoms with Crippen molar-refractivity contribution >= 4 is 11.0 Å². The topological polar surface area (TPSA) is 43.8 Å². The van der Waals surface area contributed by atoms with Gasteiger partial charge in [0.1, 0.15) is 11.6 Å². The largest absolute Gasteiger partial charge is 0.330 e. The minimum atomic E-state index is -0.240. The molecule has 1 atom stereocenters. The molecule has 0 radical (unpaired) electrons. The predicted octanol–water partition coefficient (Wildman–Crippen LogP) is 4.06. The molecule has 0 aliphatic rings. The lowest BCUT2D eigenvalue weighted by Crippen LogP contribution is -2.22. The van der Waals surface area contributed by atoms with Gasteiger partial charge in [-0.1, -0.05) is 27.7 Å². The van der Waals surface area contributed by atoms with Crippen LogP contribution >= 0.6 is 0 Å². The Bertz CT molecular complexity index is 610. The highest BCUT2D eigenvalue weighted by Gasteiger charge is 2.24. The number of benzene rings is 1. The summed E-state index contributed by atoms with van der Waals surface area (Å²) in [5, 5.41) is 0. The highest BCUT2D eigenvalue weighted by atomic mass is 19.1. The van der Waals surface area contributed by atoms with Crippen LogP contribution in [-0.4, -0.2) is 16.1 Å². The third-order valence-electron chi connectivity index (χ3n) is 3.70. The number of hydrogen-bond donors (Lipinski definition) is 1. The molecular formula is C17H26FN3. The highest BCUT2D eigenvalue weighted by molar-refractivity contribution is 5.76. The van der Waals surface area contributed by atoms with Crippen LogP contribution in [0.5, 0.6) is 0 Å². The molecule has 0 aliphatic heterocycles. The van der Waals surface area contributed by atoms with Crippen LogP contribution in [0, 0.1) is 11.2 Å². The number of nitrogens with two attached hydrogens (primary N) is 1. The van der Waals surface area contributed by atoms with Crippen LogP contribution in [0.2, 0.25) is 0 Å². The first-order chi connectivity index (χ1) is 9.85. The molecule has 0 saturated heterocycles. The molecule has 4 heteroatoms. The second-order valence-corrected chi connectivity index (χ2v) is 6.95. The predicted molar refractivity (Wildman–Crippen MR) is 85.8 cm³/mol. The van der Waals surface area contributed by atoms with Gasteiger partial charge in [0.15, 0.2) is 0 Å². The van der Waals surface area contributed by atoms with E-state index in [0.717, 1.165) is 36.2 Å². The zero-order valence-corrected chi connectivity index (χ0v) is 13.5. The van der Waals surface area contributed by atoms with Crippen molar-refractivity contribution in [2.24, 2.45) is 11.1 Å². The van der Waals surface area contributed by atoms with E-state index in [4.69, 9.17) is 10.7 Å². The summed E-state index contributed by atoms with van der Waals surface area (Å²) in [5.74, 6) is 0.956. The second-order valence-electron chi connectivity index (χ2n) is 6.95. The molecule has 0 bridgehead atoms. The maximum atomic E-state index is 13.4. The molecule has 116 valence electrons. The maximum absolute atomic E-state index is 13.4. The first kappa shape index (κ1) is 16.0. The number of aromatic nitrogens is 2. The molecule has 0 aliphatic carbocycles. The van der Waals surface area contributed by atoms with Gasteiger partial charge in [0, 0.05) is 25.1 Å². The summed E-state index contributed by atoms with van der Waals surface area (Å²) in [6.45, 7) is 10.2. The van der Waals surface area contributed by atoms with E-state index in [1.165, 1.54) is 12.1 Å². The summed E-state index contributed by atoms with van der Waals surface area (Å²) in [6, 6.07) is 4.83. The zero-order chi connectivity index (χ0) is 15.6. The Labute approximate surface area is 126 Å². The van der Waals surface area contributed by atoms with Crippen LogP contribution in [0.3, 0.4) is 0 Å². The summed E-state index contributed by atoms with van der Waals surface area (Å²) in [4.78, 5) is 4.69. The minimum absolute atomic E-state index is 0.185. The third kappa shape index (κ3) is 3.62. The number of fused-ring (bicyclic) bond motifs is 1. The molecule has 0 spiro atoms. The van der Waals surface area contributed by atoms with Crippen LogP contribution in [-0.2, 0) is 6.54 Å². The second kappa shape index (κ2) is 6.14. The van der Waals surface area contributed by atoms with E-state index in [1.807, 2.05) is 6.07 Å². The van der Waals surface area contributed by atoms with Crippen LogP contribution in [0.25, 0.3) is 11.0 Å². The number of halogens is 1. The van der Waals surface area contributed by atoms with E-state index in [-0.39, 0.29) is 17.2 Å². The van der Waals surface area contributed by atoms with Crippen molar-refractivity contribution in [1.82, 2.24) is 9.55 Å². The van der Waals surface area contributed by atoms with Crippen LogP contribution in [0.15, 0.2) is 18.2 Å². The Morgan fingerprint density at radius 3 is 2.62 bits per heavy atom. The van der Waals surface area contributed by atoms with E-state index in [9.17, 15) is 4.39 Å². The molecule has 21 heavy (non-hydrogen) atoms. The van der Waals surface area contributed by atoms with Gasteiger partial charge in [-0.3, -0.25) is 0 Å². The van der Waals surface area contributed by atoms with Crippen molar-refractivity contribution < 1.29 is 4.39 Å². The Balaban J connectivity index is 2.52. The van der Waals surface area contributed by atoms with Gasteiger partial charge in [-0.15, -0.1) is 0 Å². The average Bonchev–Trinajstić information content (AvgIpc) is 2.73. The lowest BCUT2D eigenvalue weighted by atomic mass is 9.84. The first-order valence-electron chi connectivity index (χ1n) is 7.71. The molecule has 1 unspecified atom stereocenters. The smallest absolute Gasteiger partial charge is 0.125 e. The van der Waals surface area contributed by atoms with Crippen LogP contribution < -0.4 is 5.73 Å². The average molecular weight is 291 g/mol. The summed E-state index contributed by atoms with van der Waals surface area (Å²) in [5.41, 5.74) is 7.91. The van der Waals surface area contributed by atoms with Crippen molar-refractivity contribution in [2.75, 3.05) is 6.54 Å². The maximum Gasteiger partial charge on any atom is 0.125 e. The molecule has 1 heterocycles. The molecule has 1 aromatic heterocycles. The quantitative estimate of drug-likeness (QED) is 0.902. The van der Waals surface area contributed by atoms with Crippen LogP contribution in [0.1, 0.15) is 52.3 Å². The fourth-order valence-electron chi connectivity index (χ4n) is 2.91. The molecule has 2 N–H and O–H groups in total. The standard InChI is InChI=1S/C17H26FN3/c1-5-8-21-15-7-6-13(18)9-14(15)20-16(21)12(11-19)10-17(2,3)4/h6-7,9,12H,5,8,10-11,19H2,1-4H3. The highest BCUT2D eigenvalue weighted by Crippen LogP contribution is 2.32. The van der Waals surface area contributed by atoms with E-state index in [2.05, 4.69) is 32.3 Å². The monoisotopic (exact) mass is 291 g/mol. The molecule has 2 rings (SSSR count). The number of hydrogen-bond acceptors (Lipinski definition) is 2. The van der Waals surface area contributed by atoms with Gasteiger partial charge in [-0.25, -0.2) is 9.37 Å². The fourth-order valence-corrected chi connectivity index (χ4v) is 2.91. The Morgan fingerprint density at radius 2 is 2.05 bits per heavy atom. The van der Waals surface area contributed by atoms with Crippen molar-refractivity contribution in [3.8, 4) is 0 Å². The van der Waals surface area contributed by atoms with E-state index < -0.39 is 0 Å².